The van der Waals surface area contributed by atoms with E-state index in [9.17, 15) is 18.0 Å². The topological polar surface area (TPSA) is 63.1 Å². The van der Waals surface area contributed by atoms with Crippen LogP contribution in [0, 0.1) is 0 Å². The number of fused-ring (bicyclic) bond motifs is 1. The van der Waals surface area contributed by atoms with Gasteiger partial charge in [-0.25, -0.2) is 0 Å². The molecule has 0 radical (unpaired) electrons. The fourth-order valence-corrected chi connectivity index (χ4v) is 3.01. The Bertz CT molecular complexity index is 568. The molecule has 24 heavy (non-hydrogen) atoms. The molecule has 0 fully saturated rings. The number of likely N-dealkylation sites (N-methyl/N-ethyl adjacent to an activating group) is 1. The summed E-state index contributed by atoms with van der Waals surface area (Å²) < 4.78 is 40.7. The Balaban J connectivity index is 2.05. The van der Waals surface area contributed by atoms with Gasteiger partial charge in [0.2, 0.25) is 5.91 Å². The van der Waals surface area contributed by atoms with Crippen LogP contribution in [0.15, 0.2) is 0 Å². The number of hydrogen-bond donors (Lipinski definition) is 1. The predicted octanol–water partition coefficient (Wildman–Crippen LogP) is 2.06. The van der Waals surface area contributed by atoms with Crippen LogP contribution in [0.5, 0.6) is 0 Å². The molecule has 2 unspecified atom stereocenters. The maximum Gasteiger partial charge on any atom is 0.398 e. The average molecular weight is 347 g/mol. The highest BCUT2D eigenvalue weighted by molar-refractivity contribution is 5.81. The first-order chi connectivity index (χ1) is 11.3. The van der Waals surface area contributed by atoms with Crippen molar-refractivity contribution in [1.82, 2.24) is 25.0 Å². The van der Waals surface area contributed by atoms with E-state index >= 15 is 0 Å². The van der Waals surface area contributed by atoms with Crippen LogP contribution in [-0.2, 0) is 17.9 Å². The zero-order chi connectivity index (χ0) is 17.9. The van der Waals surface area contributed by atoms with Crippen LogP contribution >= 0.6 is 0 Å². The van der Waals surface area contributed by atoms with E-state index in [0.29, 0.717) is 31.9 Å². The molecule has 1 aliphatic heterocycles. The van der Waals surface area contributed by atoms with Crippen molar-refractivity contribution in [2.45, 2.75) is 64.8 Å². The highest BCUT2D eigenvalue weighted by Gasteiger charge is 2.45. The van der Waals surface area contributed by atoms with Crippen LogP contribution in [-0.4, -0.2) is 50.9 Å². The molecule has 0 bridgehead atoms. The minimum atomic E-state index is -4.30. The highest BCUT2D eigenvalue weighted by Crippen LogP contribution is 2.40. The third-order valence-electron chi connectivity index (χ3n) is 4.45. The summed E-state index contributed by atoms with van der Waals surface area (Å²) >= 11 is 0. The summed E-state index contributed by atoms with van der Waals surface area (Å²) in [5.74, 6) is -1.17. The van der Waals surface area contributed by atoms with Crippen molar-refractivity contribution in [1.29, 1.82) is 0 Å². The van der Waals surface area contributed by atoms with Crippen LogP contribution in [0.4, 0.5) is 13.2 Å². The van der Waals surface area contributed by atoms with Crippen LogP contribution in [0.25, 0.3) is 0 Å². The third-order valence-corrected chi connectivity index (χ3v) is 4.45. The Morgan fingerprint density at radius 3 is 2.62 bits per heavy atom. The van der Waals surface area contributed by atoms with Gasteiger partial charge in [-0.15, -0.1) is 10.2 Å². The lowest BCUT2D eigenvalue weighted by Gasteiger charge is -2.26. The van der Waals surface area contributed by atoms with Crippen molar-refractivity contribution in [2.75, 3.05) is 13.1 Å². The second-order valence-corrected chi connectivity index (χ2v) is 5.98. The molecule has 9 heteroatoms. The molecular formula is C15H24F3N5O. The molecule has 0 saturated carbocycles. The minimum Gasteiger partial charge on any atom is -0.342 e. The van der Waals surface area contributed by atoms with Crippen LogP contribution in [0.3, 0.4) is 0 Å². The van der Waals surface area contributed by atoms with Crippen LogP contribution < -0.4 is 5.32 Å². The largest absolute Gasteiger partial charge is 0.398 e. The van der Waals surface area contributed by atoms with E-state index in [1.54, 1.807) is 11.8 Å². The Labute approximate surface area is 139 Å². The molecule has 0 saturated heterocycles. The number of nitrogens with zero attached hydrogens (tertiary/aromatic N) is 4. The van der Waals surface area contributed by atoms with E-state index in [2.05, 4.69) is 15.5 Å². The van der Waals surface area contributed by atoms with E-state index in [-0.39, 0.29) is 24.7 Å². The van der Waals surface area contributed by atoms with Gasteiger partial charge in [0, 0.05) is 19.6 Å². The molecular weight excluding hydrogens is 323 g/mol. The number of aromatic nitrogens is 3. The highest BCUT2D eigenvalue weighted by atomic mass is 19.4. The summed E-state index contributed by atoms with van der Waals surface area (Å²) in [6.45, 7) is 7.48. The van der Waals surface area contributed by atoms with Gasteiger partial charge in [-0.3, -0.25) is 10.1 Å². The first kappa shape index (κ1) is 18.7. The fraction of sp³-hybridized carbons (Fsp3) is 0.800. The average Bonchev–Trinajstić information content (AvgIpc) is 2.95. The van der Waals surface area contributed by atoms with Crippen molar-refractivity contribution in [2.24, 2.45) is 0 Å². The number of rotatable bonds is 6. The van der Waals surface area contributed by atoms with E-state index in [1.807, 2.05) is 13.8 Å². The van der Waals surface area contributed by atoms with E-state index < -0.39 is 18.1 Å². The second-order valence-electron chi connectivity index (χ2n) is 5.98. The van der Waals surface area contributed by atoms with Gasteiger partial charge in [0.25, 0.3) is 0 Å². The Morgan fingerprint density at radius 2 is 2.04 bits per heavy atom. The SMILES string of the molecule is CCN(CC)C(=O)C(C)NCc1nnc2n1CCCC2C(F)(F)F. The van der Waals surface area contributed by atoms with Gasteiger partial charge in [-0.2, -0.15) is 13.2 Å². The Hall–Kier alpha value is -1.64. The van der Waals surface area contributed by atoms with E-state index in [1.165, 1.54) is 4.57 Å². The monoisotopic (exact) mass is 347 g/mol. The molecule has 2 rings (SSSR count). The van der Waals surface area contributed by atoms with E-state index in [0.717, 1.165) is 0 Å². The van der Waals surface area contributed by atoms with Crippen molar-refractivity contribution >= 4 is 5.91 Å². The smallest absolute Gasteiger partial charge is 0.342 e. The maximum atomic E-state index is 13.1. The number of nitrogens with one attached hydrogen (secondary N) is 1. The first-order valence-electron chi connectivity index (χ1n) is 8.30. The molecule has 0 aromatic carbocycles. The molecule has 2 heterocycles. The lowest BCUT2D eigenvalue weighted by molar-refractivity contribution is -0.156. The molecule has 1 N–H and O–H groups in total. The van der Waals surface area contributed by atoms with Crippen molar-refractivity contribution in [3.63, 3.8) is 0 Å². The number of alkyl halides is 3. The first-order valence-corrected chi connectivity index (χ1v) is 8.30. The maximum absolute atomic E-state index is 13.1. The quantitative estimate of drug-likeness (QED) is 0.856. The third kappa shape index (κ3) is 3.88. The molecule has 2 atom stereocenters. The zero-order valence-corrected chi connectivity index (χ0v) is 14.2. The van der Waals surface area contributed by atoms with Gasteiger partial charge in [-0.05, 0) is 33.6 Å². The van der Waals surface area contributed by atoms with Gasteiger partial charge in [-0.1, -0.05) is 0 Å². The Morgan fingerprint density at radius 1 is 1.38 bits per heavy atom. The fourth-order valence-electron chi connectivity index (χ4n) is 3.01. The summed E-state index contributed by atoms with van der Waals surface area (Å²) in [6, 6.07) is -0.431. The normalized spacial score (nSPS) is 19.0. The number of carbonyl (C=O) groups excluding carboxylic acids is 1. The number of amides is 1. The van der Waals surface area contributed by atoms with Gasteiger partial charge in [0.1, 0.15) is 17.6 Å². The lowest BCUT2D eigenvalue weighted by Crippen LogP contribution is -2.44. The summed E-state index contributed by atoms with van der Waals surface area (Å²) in [5.41, 5.74) is 0. The minimum absolute atomic E-state index is 0.0201. The van der Waals surface area contributed by atoms with Crippen molar-refractivity contribution in [3.05, 3.63) is 11.6 Å². The molecule has 136 valence electrons. The molecule has 6 nitrogen and oxygen atoms in total. The van der Waals surface area contributed by atoms with E-state index in [4.69, 9.17) is 0 Å². The standard InChI is InChI=1S/C15H24F3N5O/c1-4-22(5-2)14(24)10(3)19-9-12-20-21-13-11(15(16,17)18)7-6-8-23(12)13/h10-11,19H,4-9H2,1-3H3. The van der Waals surface area contributed by atoms with Crippen molar-refractivity contribution in [3.8, 4) is 0 Å². The zero-order valence-electron chi connectivity index (χ0n) is 14.2. The lowest BCUT2D eigenvalue weighted by atomic mass is 9.98. The van der Waals surface area contributed by atoms with Crippen LogP contribution in [0.2, 0.25) is 0 Å². The summed E-state index contributed by atoms with van der Waals surface area (Å²) in [7, 11) is 0. The van der Waals surface area contributed by atoms with Gasteiger partial charge < -0.3 is 9.47 Å². The Kier molecular flexibility index (Phi) is 5.84. The predicted molar refractivity (Wildman–Crippen MR) is 82.3 cm³/mol. The summed E-state index contributed by atoms with van der Waals surface area (Å²) in [5, 5.41) is 10.7. The molecule has 0 aliphatic carbocycles. The number of halogens is 3. The van der Waals surface area contributed by atoms with Gasteiger partial charge in [0.05, 0.1) is 12.6 Å². The van der Waals surface area contributed by atoms with Gasteiger partial charge in [0.15, 0.2) is 0 Å². The number of carbonyl (C=O) groups is 1. The second kappa shape index (κ2) is 7.50. The molecule has 0 spiro atoms. The molecule has 1 amide bonds. The molecule has 1 aromatic rings. The number of hydrogen-bond acceptors (Lipinski definition) is 4. The van der Waals surface area contributed by atoms with Gasteiger partial charge >= 0.3 is 6.18 Å². The van der Waals surface area contributed by atoms with Crippen molar-refractivity contribution < 1.29 is 18.0 Å². The summed E-state index contributed by atoms with van der Waals surface area (Å²) in [6.07, 6.45) is -3.82. The molecule has 1 aromatic heterocycles. The molecule has 1 aliphatic rings. The summed E-state index contributed by atoms with van der Waals surface area (Å²) in [4.78, 5) is 13.9. The van der Waals surface area contributed by atoms with Crippen LogP contribution in [0.1, 0.15) is 51.2 Å².